The highest BCUT2D eigenvalue weighted by molar-refractivity contribution is 5.90. The second-order valence-corrected chi connectivity index (χ2v) is 8.50. The third kappa shape index (κ3) is 8.02. The molecule has 0 bridgehead atoms. The number of rotatable bonds is 9. The summed E-state index contributed by atoms with van der Waals surface area (Å²) in [5.74, 6) is -0.117. The molecule has 0 aliphatic heterocycles. The van der Waals surface area contributed by atoms with E-state index in [1.807, 2.05) is 69.3 Å². The van der Waals surface area contributed by atoms with E-state index in [0.29, 0.717) is 30.5 Å². The molecule has 0 aliphatic carbocycles. The van der Waals surface area contributed by atoms with Crippen LogP contribution in [-0.4, -0.2) is 11.7 Å². The lowest BCUT2D eigenvalue weighted by Gasteiger charge is -2.21. The second-order valence-electron chi connectivity index (χ2n) is 8.50. The zero-order valence-electron chi connectivity index (χ0n) is 18.6. The average Bonchev–Trinajstić information content (AvgIpc) is 2.69. The fraction of sp³-hybridized carbons (Fsp3) is 0.423. The van der Waals surface area contributed by atoms with Crippen LogP contribution in [0, 0.1) is 0 Å². The number of hydrogen-bond donors (Lipinski definition) is 1. The maximum Gasteiger partial charge on any atom is 0.412 e. The van der Waals surface area contributed by atoms with E-state index in [1.54, 1.807) is 6.07 Å². The Hall–Kier alpha value is -2.62. The number of nitrogens with one attached hydrogen (secondary N) is 1. The molecule has 0 saturated carbocycles. The van der Waals surface area contributed by atoms with Crippen molar-refractivity contribution in [3.8, 4) is 0 Å². The van der Waals surface area contributed by atoms with Crippen LogP contribution in [0.1, 0.15) is 70.9 Å². The molecule has 4 heteroatoms. The summed E-state index contributed by atoms with van der Waals surface area (Å²) in [6.45, 7) is 7.58. The largest absolute Gasteiger partial charge is 0.444 e. The quantitative estimate of drug-likeness (QED) is 0.425. The van der Waals surface area contributed by atoms with Gasteiger partial charge >= 0.3 is 6.09 Å². The number of allylic oxidation sites excluding steroid dienone is 2. The summed E-state index contributed by atoms with van der Waals surface area (Å²) in [6, 6.07) is 17.3. The molecule has 2 rings (SSSR count). The van der Waals surface area contributed by atoms with Crippen molar-refractivity contribution in [2.45, 2.75) is 71.8 Å². The first-order valence-corrected chi connectivity index (χ1v) is 10.8. The van der Waals surface area contributed by atoms with Crippen LogP contribution in [0.3, 0.4) is 0 Å². The third-order valence-electron chi connectivity index (χ3n) is 4.72. The van der Waals surface area contributed by atoms with Crippen molar-refractivity contribution in [3.63, 3.8) is 0 Å². The lowest BCUT2D eigenvalue weighted by atomic mass is 9.95. The van der Waals surface area contributed by atoms with Crippen LogP contribution in [0.4, 0.5) is 14.9 Å². The molecule has 0 spiro atoms. The molecule has 0 saturated heterocycles. The van der Waals surface area contributed by atoms with Gasteiger partial charge in [0, 0.05) is 12.0 Å². The first kappa shape index (κ1) is 23.7. The number of anilines is 1. The highest BCUT2D eigenvalue weighted by atomic mass is 19.1. The molecule has 0 atom stereocenters. The molecular weight excluding hydrogens is 377 g/mol. The SMILES string of the molecule is CCCCCC(=C(F)CCc1ccccc1)c1ccccc1NC(=O)OC(C)(C)C. The second kappa shape index (κ2) is 11.5. The van der Waals surface area contributed by atoms with Crippen LogP contribution in [0.15, 0.2) is 60.4 Å². The number of para-hydroxylation sites is 1. The summed E-state index contributed by atoms with van der Waals surface area (Å²) in [5.41, 5.74) is 2.49. The van der Waals surface area contributed by atoms with Gasteiger partial charge in [-0.05, 0) is 57.2 Å². The number of unbranched alkanes of at least 4 members (excludes halogenated alkanes) is 2. The van der Waals surface area contributed by atoms with E-state index in [0.717, 1.165) is 30.4 Å². The zero-order valence-corrected chi connectivity index (χ0v) is 18.6. The molecule has 1 N–H and O–H groups in total. The van der Waals surface area contributed by atoms with E-state index >= 15 is 4.39 Å². The number of carbonyl (C=O) groups is 1. The normalized spacial score (nSPS) is 12.3. The van der Waals surface area contributed by atoms with Crippen molar-refractivity contribution >= 4 is 17.4 Å². The Labute approximate surface area is 180 Å². The molecule has 0 aromatic heterocycles. The molecule has 3 nitrogen and oxygen atoms in total. The molecule has 1 amide bonds. The molecule has 0 heterocycles. The number of aryl methyl sites for hydroxylation is 1. The lowest BCUT2D eigenvalue weighted by Crippen LogP contribution is -2.27. The first-order chi connectivity index (χ1) is 14.3. The minimum atomic E-state index is -0.597. The van der Waals surface area contributed by atoms with E-state index in [9.17, 15) is 4.79 Å². The Balaban J connectivity index is 2.28. The van der Waals surface area contributed by atoms with E-state index in [-0.39, 0.29) is 5.83 Å². The maximum absolute atomic E-state index is 15.4. The van der Waals surface area contributed by atoms with Gasteiger partial charge in [-0.2, -0.15) is 0 Å². The minimum Gasteiger partial charge on any atom is -0.444 e. The van der Waals surface area contributed by atoms with Gasteiger partial charge in [0.1, 0.15) is 11.4 Å². The molecule has 0 aliphatic rings. The zero-order chi connectivity index (χ0) is 22.0. The number of halogens is 1. The molecule has 0 radical (unpaired) electrons. The van der Waals surface area contributed by atoms with Gasteiger partial charge < -0.3 is 4.74 Å². The number of ether oxygens (including phenoxy) is 1. The highest BCUT2D eigenvalue weighted by Crippen LogP contribution is 2.33. The minimum absolute atomic E-state index is 0.117. The van der Waals surface area contributed by atoms with Crippen LogP contribution in [0.25, 0.3) is 5.57 Å². The number of carbonyl (C=O) groups excluding carboxylic acids is 1. The fourth-order valence-corrected chi connectivity index (χ4v) is 3.29. The third-order valence-corrected chi connectivity index (χ3v) is 4.72. The summed E-state index contributed by atoms with van der Waals surface area (Å²) in [7, 11) is 0. The van der Waals surface area contributed by atoms with E-state index in [4.69, 9.17) is 4.74 Å². The summed E-state index contributed by atoms with van der Waals surface area (Å²) < 4.78 is 20.8. The average molecular weight is 412 g/mol. The molecule has 0 unspecified atom stereocenters. The van der Waals surface area contributed by atoms with Crippen LogP contribution >= 0.6 is 0 Å². The van der Waals surface area contributed by atoms with E-state index < -0.39 is 11.7 Å². The Bertz CT molecular complexity index is 838. The molecule has 0 fully saturated rings. The van der Waals surface area contributed by atoms with Crippen molar-refractivity contribution < 1.29 is 13.9 Å². The van der Waals surface area contributed by atoms with Crippen molar-refractivity contribution in [3.05, 3.63) is 71.6 Å². The van der Waals surface area contributed by atoms with Gasteiger partial charge in [-0.15, -0.1) is 0 Å². The monoisotopic (exact) mass is 411 g/mol. The van der Waals surface area contributed by atoms with Crippen molar-refractivity contribution in [1.82, 2.24) is 0 Å². The van der Waals surface area contributed by atoms with Crippen molar-refractivity contribution in [1.29, 1.82) is 0 Å². The fourth-order valence-electron chi connectivity index (χ4n) is 3.29. The molecule has 2 aromatic carbocycles. The Kier molecular flexibility index (Phi) is 9.10. The Morgan fingerprint density at radius 3 is 2.30 bits per heavy atom. The van der Waals surface area contributed by atoms with Crippen LogP contribution in [-0.2, 0) is 11.2 Å². The number of hydrogen-bond acceptors (Lipinski definition) is 2. The predicted octanol–water partition coefficient (Wildman–Crippen LogP) is 7.93. The standard InChI is InChI=1S/C26H34FNO2/c1-5-6-8-15-21(23(27)19-18-20-13-9-7-10-14-20)22-16-11-12-17-24(22)28-25(29)30-26(2,3)4/h7,9-14,16-17H,5-6,8,15,18-19H2,1-4H3,(H,28,29). The lowest BCUT2D eigenvalue weighted by molar-refractivity contribution is 0.0636. The van der Waals surface area contributed by atoms with Crippen LogP contribution in [0.5, 0.6) is 0 Å². The summed E-state index contributed by atoms with van der Waals surface area (Å²) in [5, 5.41) is 2.80. The predicted molar refractivity (Wildman–Crippen MR) is 123 cm³/mol. The Morgan fingerprint density at radius 2 is 1.63 bits per heavy atom. The van der Waals surface area contributed by atoms with Crippen molar-refractivity contribution in [2.75, 3.05) is 5.32 Å². The van der Waals surface area contributed by atoms with Gasteiger partial charge in [-0.3, -0.25) is 5.32 Å². The van der Waals surface area contributed by atoms with Crippen LogP contribution in [0.2, 0.25) is 0 Å². The smallest absolute Gasteiger partial charge is 0.412 e. The number of benzene rings is 2. The highest BCUT2D eigenvalue weighted by Gasteiger charge is 2.19. The van der Waals surface area contributed by atoms with Crippen LogP contribution < -0.4 is 5.32 Å². The molecule has 162 valence electrons. The molecule has 2 aromatic rings. The summed E-state index contributed by atoms with van der Waals surface area (Å²) in [4.78, 5) is 12.3. The van der Waals surface area contributed by atoms with Gasteiger partial charge in [0.2, 0.25) is 0 Å². The molecular formula is C26H34FNO2. The van der Waals surface area contributed by atoms with Crippen molar-refractivity contribution in [2.24, 2.45) is 0 Å². The summed E-state index contributed by atoms with van der Waals surface area (Å²) in [6.07, 6.45) is 4.10. The Morgan fingerprint density at radius 1 is 0.967 bits per heavy atom. The molecule has 30 heavy (non-hydrogen) atoms. The maximum atomic E-state index is 15.4. The first-order valence-electron chi connectivity index (χ1n) is 10.8. The number of amides is 1. The van der Waals surface area contributed by atoms with Gasteiger partial charge in [0.25, 0.3) is 0 Å². The van der Waals surface area contributed by atoms with Gasteiger partial charge in [0.05, 0.1) is 5.69 Å². The summed E-state index contributed by atoms with van der Waals surface area (Å²) >= 11 is 0. The van der Waals surface area contributed by atoms with E-state index in [1.165, 1.54) is 0 Å². The van der Waals surface area contributed by atoms with Gasteiger partial charge in [0.15, 0.2) is 0 Å². The van der Waals surface area contributed by atoms with Gasteiger partial charge in [-0.1, -0.05) is 68.3 Å². The van der Waals surface area contributed by atoms with Gasteiger partial charge in [-0.25, -0.2) is 9.18 Å². The van der Waals surface area contributed by atoms with E-state index in [2.05, 4.69) is 12.2 Å². The topological polar surface area (TPSA) is 38.3 Å².